The van der Waals surface area contributed by atoms with Crippen LogP contribution in [0.1, 0.15) is 24.0 Å². The Morgan fingerprint density at radius 2 is 1.45 bits per heavy atom. The molecule has 0 aromatic heterocycles. The van der Waals surface area contributed by atoms with Crippen LogP contribution in [0.15, 0.2) is 54.2 Å². The predicted octanol–water partition coefficient (Wildman–Crippen LogP) is 3.08. The van der Waals surface area contributed by atoms with Gasteiger partial charge in [-0.3, -0.25) is 14.5 Å². The maximum atomic E-state index is 13.5. The Balaban J connectivity index is 1.78. The van der Waals surface area contributed by atoms with Gasteiger partial charge in [-0.2, -0.15) is 0 Å². The molecule has 0 N–H and O–H groups in total. The van der Waals surface area contributed by atoms with Gasteiger partial charge in [0.1, 0.15) is 17.2 Å². The van der Waals surface area contributed by atoms with Crippen LogP contribution in [-0.2, 0) is 16.1 Å². The van der Waals surface area contributed by atoms with Gasteiger partial charge in [-0.15, -0.1) is 0 Å². The summed E-state index contributed by atoms with van der Waals surface area (Å²) in [6.07, 6.45) is 2.02. The van der Waals surface area contributed by atoms with Crippen LogP contribution in [0.2, 0.25) is 0 Å². The van der Waals surface area contributed by atoms with Crippen LogP contribution in [0, 0.1) is 0 Å². The summed E-state index contributed by atoms with van der Waals surface area (Å²) in [7, 11) is 3.16. The first-order chi connectivity index (χ1) is 14.2. The molecule has 0 radical (unpaired) electrons. The number of hydrogen-bond donors (Lipinski definition) is 0. The van der Waals surface area contributed by atoms with E-state index in [2.05, 4.69) is 0 Å². The molecule has 2 aliphatic heterocycles. The largest absolute Gasteiger partial charge is 0.496 e. The van der Waals surface area contributed by atoms with Crippen LogP contribution in [0.5, 0.6) is 11.5 Å². The third-order valence-corrected chi connectivity index (χ3v) is 5.46. The molecule has 6 heteroatoms. The van der Waals surface area contributed by atoms with Gasteiger partial charge < -0.3 is 14.4 Å². The summed E-state index contributed by atoms with van der Waals surface area (Å²) in [6, 6.07) is 14.8. The van der Waals surface area contributed by atoms with Gasteiger partial charge in [0.25, 0.3) is 11.8 Å². The first-order valence-electron chi connectivity index (χ1n) is 9.76. The minimum atomic E-state index is -0.299. The number of carbonyl (C=O) groups excluding carboxylic acids is 2. The highest BCUT2D eigenvalue weighted by Crippen LogP contribution is 2.38. The van der Waals surface area contributed by atoms with Gasteiger partial charge in [0.05, 0.1) is 26.3 Å². The van der Waals surface area contributed by atoms with E-state index in [1.54, 1.807) is 14.2 Å². The molecule has 0 atom stereocenters. The number of ether oxygens (including phenoxy) is 2. The summed E-state index contributed by atoms with van der Waals surface area (Å²) in [6.45, 7) is 1.71. The molecule has 2 aromatic rings. The van der Waals surface area contributed by atoms with Crippen LogP contribution in [0.4, 0.5) is 0 Å². The molecule has 0 saturated carbocycles. The predicted molar refractivity (Wildman–Crippen MR) is 109 cm³/mol. The van der Waals surface area contributed by atoms with Gasteiger partial charge in [0.2, 0.25) is 0 Å². The van der Waals surface area contributed by atoms with Gasteiger partial charge in [-0.25, -0.2) is 0 Å². The summed E-state index contributed by atoms with van der Waals surface area (Å²) in [4.78, 5) is 30.2. The number of amides is 2. The fourth-order valence-corrected chi connectivity index (χ4v) is 4.04. The van der Waals surface area contributed by atoms with Gasteiger partial charge in [0.15, 0.2) is 0 Å². The Morgan fingerprint density at radius 1 is 0.828 bits per heavy atom. The fraction of sp³-hybridized carbons (Fsp3) is 0.304. The van der Waals surface area contributed by atoms with E-state index in [0.29, 0.717) is 28.3 Å². The van der Waals surface area contributed by atoms with Crippen molar-refractivity contribution < 1.29 is 19.1 Å². The summed E-state index contributed by atoms with van der Waals surface area (Å²) < 4.78 is 10.9. The first kappa shape index (κ1) is 19.1. The fourth-order valence-electron chi connectivity index (χ4n) is 4.04. The lowest BCUT2D eigenvalue weighted by Gasteiger charge is -2.21. The lowest BCUT2D eigenvalue weighted by molar-refractivity contribution is -0.138. The molecule has 29 heavy (non-hydrogen) atoms. The van der Waals surface area contributed by atoms with Gasteiger partial charge in [-0.1, -0.05) is 36.4 Å². The highest BCUT2D eigenvalue weighted by Gasteiger charge is 2.43. The lowest BCUT2D eigenvalue weighted by Crippen LogP contribution is -2.34. The van der Waals surface area contributed by atoms with Crippen LogP contribution in [0.3, 0.4) is 0 Å². The first-order valence-corrected chi connectivity index (χ1v) is 9.76. The van der Waals surface area contributed by atoms with Crippen molar-refractivity contribution in [2.45, 2.75) is 19.4 Å². The monoisotopic (exact) mass is 392 g/mol. The highest BCUT2D eigenvalue weighted by atomic mass is 16.5. The number of hydrogen-bond acceptors (Lipinski definition) is 5. The molecule has 0 spiro atoms. The van der Waals surface area contributed by atoms with Crippen LogP contribution in [0.25, 0.3) is 5.57 Å². The number of nitrogens with zero attached hydrogens (tertiary/aromatic N) is 2. The standard InChI is InChI=1S/C23H24N2O4/c1-28-18-11-5-3-9-16(18)15-25-22(26)20(17-10-4-6-12-19(17)29-2)21(23(25)27)24-13-7-8-14-24/h3-6,9-12H,7-8,13-15H2,1-2H3. The van der Waals surface area contributed by atoms with Crippen molar-refractivity contribution in [3.63, 3.8) is 0 Å². The molecule has 1 saturated heterocycles. The maximum Gasteiger partial charge on any atom is 0.278 e. The Kier molecular flexibility index (Phi) is 5.25. The van der Waals surface area contributed by atoms with Crippen LogP contribution in [-0.4, -0.2) is 48.9 Å². The smallest absolute Gasteiger partial charge is 0.278 e. The summed E-state index contributed by atoms with van der Waals surface area (Å²) in [5.41, 5.74) is 2.34. The molecule has 2 aliphatic rings. The summed E-state index contributed by atoms with van der Waals surface area (Å²) in [5, 5.41) is 0. The van der Waals surface area contributed by atoms with E-state index in [4.69, 9.17) is 9.47 Å². The Morgan fingerprint density at radius 3 is 2.14 bits per heavy atom. The molecule has 6 nitrogen and oxygen atoms in total. The van der Waals surface area contributed by atoms with E-state index in [0.717, 1.165) is 31.5 Å². The van der Waals surface area contributed by atoms with E-state index in [9.17, 15) is 9.59 Å². The van der Waals surface area contributed by atoms with Crippen molar-refractivity contribution in [2.24, 2.45) is 0 Å². The second-order valence-corrected chi connectivity index (χ2v) is 7.13. The van der Waals surface area contributed by atoms with Gasteiger partial charge >= 0.3 is 0 Å². The van der Waals surface area contributed by atoms with Crippen LogP contribution >= 0.6 is 0 Å². The molecular weight excluding hydrogens is 368 g/mol. The van der Waals surface area contributed by atoms with Crippen molar-refractivity contribution in [1.82, 2.24) is 9.80 Å². The molecule has 0 aliphatic carbocycles. The minimum absolute atomic E-state index is 0.164. The Bertz CT molecular complexity index is 976. The number of rotatable bonds is 6. The van der Waals surface area contributed by atoms with Gasteiger partial charge in [-0.05, 0) is 25.0 Å². The van der Waals surface area contributed by atoms with Gasteiger partial charge in [0, 0.05) is 24.2 Å². The second kappa shape index (κ2) is 7.99. The molecule has 4 rings (SSSR count). The molecule has 2 heterocycles. The molecule has 0 unspecified atom stereocenters. The average molecular weight is 392 g/mol. The SMILES string of the molecule is COc1ccccc1CN1C(=O)C(c2ccccc2OC)=C(N2CCCC2)C1=O. The van der Waals surface area contributed by atoms with Crippen molar-refractivity contribution in [1.29, 1.82) is 0 Å². The number of para-hydroxylation sites is 2. The van der Waals surface area contributed by atoms with Crippen molar-refractivity contribution >= 4 is 17.4 Å². The maximum absolute atomic E-state index is 13.5. The normalized spacial score (nSPS) is 16.8. The third-order valence-electron chi connectivity index (χ3n) is 5.46. The molecule has 150 valence electrons. The summed E-state index contributed by atoms with van der Waals surface area (Å²) >= 11 is 0. The van der Waals surface area contributed by atoms with E-state index >= 15 is 0 Å². The van der Waals surface area contributed by atoms with Crippen molar-refractivity contribution in [3.05, 3.63) is 65.4 Å². The van der Waals surface area contributed by atoms with Crippen molar-refractivity contribution in [3.8, 4) is 11.5 Å². The van der Waals surface area contributed by atoms with Crippen LogP contribution < -0.4 is 9.47 Å². The Hall–Kier alpha value is -3.28. The molecular formula is C23H24N2O4. The van der Waals surface area contributed by atoms with E-state index in [-0.39, 0.29) is 18.4 Å². The number of imide groups is 1. The summed E-state index contributed by atoms with van der Waals surface area (Å²) in [5.74, 6) is 0.678. The zero-order chi connectivity index (χ0) is 20.4. The van der Waals surface area contributed by atoms with E-state index in [1.165, 1.54) is 4.90 Å². The zero-order valence-corrected chi connectivity index (χ0v) is 16.7. The highest BCUT2D eigenvalue weighted by molar-refractivity contribution is 6.35. The van der Waals surface area contributed by atoms with E-state index in [1.807, 2.05) is 53.4 Å². The number of carbonyl (C=O) groups is 2. The average Bonchev–Trinajstić information content (AvgIpc) is 3.36. The Labute approximate surface area is 170 Å². The third kappa shape index (κ3) is 3.35. The topological polar surface area (TPSA) is 59.1 Å². The number of methoxy groups -OCH3 is 2. The second-order valence-electron chi connectivity index (χ2n) is 7.13. The quantitative estimate of drug-likeness (QED) is 0.707. The molecule has 2 amide bonds. The zero-order valence-electron chi connectivity index (χ0n) is 16.7. The van der Waals surface area contributed by atoms with Crippen molar-refractivity contribution in [2.75, 3.05) is 27.3 Å². The number of likely N-dealkylation sites (tertiary alicyclic amines) is 1. The lowest BCUT2D eigenvalue weighted by atomic mass is 10.0. The number of benzene rings is 2. The minimum Gasteiger partial charge on any atom is -0.496 e. The van der Waals surface area contributed by atoms with E-state index < -0.39 is 0 Å². The molecule has 1 fully saturated rings. The molecule has 0 bridgehead atoms. The molecule has 2 aromatic carbocycles.